The van der Waals surface area contributed by atoms with Crippen LogP contribution in [-0.2, 0) is 6.42 Å². The molecule has 148 valence electrons. The Hall–Kier alpha value is -3.07. The summed E-state index contributed by atoms with van der Waals surface area (Å²) in [5.41, 5.74) is 5.46. The molecule has 3 aromatic rings. The van der Waals surface area contributed by atoms with Crippen LogP contribution in [0, 0.1) is 0 Å². The summed E-state index contributed by atoms with van der Waals surface area (Å²) in [7, 11) is 0. The van der Waals surface area contributed by atoms with Crippen LogP contribution >= 0.6 is 0 Å². The molecular weight excluding hydrogens is 359 g/mol. The van der Waals surface area contributed by atoms with E-state index in [1.54, 1.807) is 6.92 Å². The number of hydrogen-bond donors (Lipinski definition) is 0. The number of alkyl halides is 1. The molecule has 0 saturated heterocycles. The third-order valence-electron chi connectivity index (χ3n) is 4.77. The van der Waals surface area contributed by atoms with Gasteiger partial charge in [0, 0.05) is 23.5 Å². The predicted octanol–water partition coefficient (Wildman–Crippen LogP) is 7.08. The van der Waals surface area contributed by atoms with Crippen LogP contribution in [0.4, 0.5) is 4.39 Å². The average Bonchev–Trinajstić information content (AvgIpc) is 2.75. The van der Waals surface area contributed by atoms with Crippen LogP contribution in [0.15, 0.2) is 79.7 Å². The van der Waals surface area contributed by atoms with Gasteiger partial charge in [-0.15, -0.1) is 6.58 Å². The lowest BCUT2D eigenvalue weighted by molar-refractivity contribution is 0.335. The van der Waals surface area contributed by atoms with Crippen molar-refractivity contribution in [3.63, 3.8) is 0 Å². The van der Waals surface area contributed by atoms with Gasteiger partial charge < -0.3 is 0 Å². The van der Waals surface area contributed by atoms with Gasteiger partial charge in [0.25, 0.3) is 0 Å². The Morgan fingerprint density at radius 3 is 2.21 bits per heavy atom. The van der Waals surface area contributed by atoms with Gasteiger partial charge in [0.05, 0.1) is 6.17 Å². The molecule has 2 aromatic carbocycles. The van der Waals surface area contributed by atoms with E-state index in [1.165, 1.54) is 5.56 Å². The topological polar surface area (TPSA) is 25.8 Å². The molecule has 0 saturated carbocycles. The van der Waals surface area contributed by atoms with E-state index in [9.17, 15) is 4.39 Å². The van der Waals surface area contributed by atoms with Gasteiger partial charge in [-0.1, -0.05) is 66.8 Å². The molecule has 29 heavy (non-hydrogen) atoms. The van der Waals surface area contributed by atoms with Crippen molar-refractivity contribution in [3.8, 4) is 22.5 Å². The van der Waals surface area contributed by atoms with E-state index >= 15 is 0 Å². The van der Waals surface area contributed by atoms with Gasteiger partial charge in [-0.2, -0.15) is 0 Å². The molecule has 0 fully saturated rings. The van der Waals surface area contributed by atoms with Crippen LogP contribution in [0.2, 0.25) is 0 Å². The molecule has 0 aliphatic heterocycles. The van der Waals surface area contributed by atoms with Gasteiger partial charge in [0.15, 0.2) is 5.82 Å². The van der Waals surface area contributed by atoms with Crippen molar-refractivity contribution in [2.24, 2.45) is 0 Å². The van der Waals surface area contributed by atoms with Crippen molar-refractivity contribution in [2.75, 3.05) is 0 Å². The highest BCUT2D eigenvalue weighted by atomic mass is 19.1. The first-order chi connectivity index (χ1) is 14.2. The first-order valence-corrected chi connectivity index (χ1v) is 10.1. The van der Waals surface area contributed by atoms with Crippen molar-refractivity contribution in [1.29, 1.82) is 0 Å². The first kappa shape index (κ1) is 20.7. The SMILES string of the molecule is C=CCc1ccc(-c2cnc(-c3ccc(C=CCCCC(C)F)cc3)nc2)cc1. The molecule has 1 aromatic heterocycles. The minimum Gasteiger partial charge on any atom is -0.248 e. The summed E-state index contributed by atoms with van der Waals surface area (Å²) in [6.07, 6.45) is 12.4. The van der Waals surface area contributed by atoms with Gasteiger partial charge in [0.1, 0.15) is 0 Å². The van der Waals surface area contributed by atoms with E-state index < -0.39 is 6.17 Å². The third kappa shape index (κ3) is 6.21. The van der Waals surface area contributed by atoms with Gasteiger partial charge in [0.2, 0.25) is 0 Å². The summed E-state index contributed by atoms with van der Waals surface area (Å²) in [5, 5.41) is 0. The number of unbranched alkanes of at least 4 members (excludes halogenated alkanes) is 1. The van der Waals surface area contributed by atoms with Crippen molar-refractivity contribution in [1.82, 2.24) is 9.97 Å². The van der Waals surface area contributed by atoms with Gasteiger partial charge >= 0.3 is 0 Å². The van der Waals surface area contributed by atoms with Crippen LogP contribution in [-0.4, -0.2) is 16.1 Å². The lowest BCUT2D eigenvalue weighted by Gasteiger charge is -2.05. The normalized spacial score (nSPS) is 12.2. The second-order valence-corrected chi connectivity index (χ2v) is 7.22. The van der Waals surface area contributed by atoms with Crippen LogP contribution < -0.4 is 0 Å². The number of rotatable bonds is 9. The maximum absolute atomic E-state index is 12.8. The monoisotopic (exact) mass is 386 g/mol. The van der Waals surface area contributed by atoms with Crippen molar-refractivity contribution >= 4 is 6.08 Å². The lowest BCUT2D eigenvalue weighted by atomic mass is 10.1. The molecule has 0 aliphatic carbocycles. The maximum atomic E-state index is 12.8. The summed E-state index contributed by atoms with van der Waals surface area (Å²) in [6.45, 7) is 5.38. The van der Waals surface area contributed by atoms with Crippen molar-refractivity contribution in [2.45, 2.75) is 38.8 Å². The fraction of sp³-hybridized carbons (Fsp3) is 0.231. The predicted molar refractivity (Wildman–Crippen MR) is 120 cm³/mol. The Kier molecular flexibility index (Phi) is 7.46. The summed E-state index contributed by atoms with van der Waals surface area (Å²) >= 11 is 0. The van der Waals surface area contributed by atoms with Gasteiger partial charge in [-0.3, -0.25) is 0 Å². The van der Waals surface area contributed by atoms with Gasteiger partial charge in [-0.25, -0.2) is 14.4 Å². The van der Waals surface area contributed by atoms with E-state index in [0.717, 1.165) is 41.5 Å². The van der Waals surface area contributed by atoms with E-state index in [-0.39, 0.29) is 0 Å². The molecule has 0 aliphatic rings. The fourth-order valence-corrected chi connectivity index (χ4v) is 3.11. The fourth-order valence-electron chi connectivity index (χ4n) is 3.11. The molecule has 3 rings (SSSR count). The van der Waals surface area contributed by atoms with E-state index in [2.05, 4.69) is 65.1 Å². The Morgan fingerprint density at radius 2 is 1.59 bits per heavy atom. The molecule has 1 heterocycles. The summed E-state index contributed by atoms with van der Waals surface area (Å²) < 4.78 is 12.8. The van der Waals surface area contributed by atoms with Crippen LogP contribution in [0.1, 0.15) is 37.3 Å². The van der Waals surface area contributed by atoms with Crippen molar-refractivity contribution < 1.29 is 4.39 Å². The number of allylic oxidation sites excluding steroid dienone is 2. The second kappa shape index (κ2) is 10.5. The zero-order valence-corrected chi connectivity index (χ0v) is 16.9. The largest absolute Gasteiger partial charge is 0.248 e. The van der Waals surface area contributed by atoms with Crippen LogP contribution in [0.3, 0.4) is 0 Å². The molecule has 0 spiro atoms. The molecule has 1 unspecified atom stereocenters. The Balaban J connectivity index is 1.62. The van der Waals surface area contributed by atoms with Gasteiger partial charge in [-0.05, 0) is 49.3 Å². The Bertz CT molecular complexity index is 924. The van der Waals surface area contributed by atoms with E-state index in [0.29, 0.717) is 12.2 Å². The number of benzene rings is 2. The minimum absolute atomic E-state index is 0.621. The molecule has 3 heteroatoms. The number of nitrogens with zero attached hydrogens (tertiary/aromatic N) is 2. The molecule has 0 N–H and O–H groups in total. The highest BCUT2D eigenvalue weighted by molar-refractivity contribution is 5.65. The summed E-state index contributed by atoms with van der Waals surface area (Å²) in [5.74, 6) is 0.712. The molecule has 1 atom stereocenters. The molecule has 0 bridgehead atoms. The van der Waals surface area contributed by atoms with Crippen LogP contribution in [0.25, 0.3) is 28.6 Å². The smallest absolute Gasteiger partial charge is 0.159 e. The zero-order chi connectivity index (χ0) is 20.5. The van der Waals surface area contributed by atoms with Crippen LogP contribution in [0.5, 0.6) is 0 Å². The first-order valence-electron chi connectivity index (χ1n) is 10.1. The third-order valence-corrected chi connectivity index (χ3v) is 4.77. The van der Waals surface area contributed by atoms with E-state index in [1.807, 2.05) is 30.6 Å². The molecule has 0 radical (unpaired) electrons. The average molecular weight is 387 g/mol. The maximum Gasteiger partial charge on any atom is 0.159 e. The molecule has 0 amide bonds. The number of halogens is 1. The standard InChI is InChI=1S/C26H27FN2/c1-3-7-21-10-14-23(15-11-21)25-18-28-26(29-19-25)24-16-12-22(13-17-24)9-6-4-5-8-20(2)27/h3,6,9-20H,1,4-5,7-8H2,2H3. The summed E-state index contributed by atoms with van der Waals surface area (Å²) in [4.78, 5) is 9.07. The lowest BCUT2D eigenvalue weighted by Crippen LogP contribution is -1.90. The quantitative estimate of drug-likeness (QED) is 0.290. The number of hydrogen-bond acceptors (Lipinski definition) is 2. The van der Waals surface area contributed by atoms with E-state index in [4.69, 9.17) is 0 Å². The Morgan fingerprint density at radius 1 is 0.931 bits per heavy atom. The minimum atomic E-state index is -0.717. The molecule has 2 nitrogen and oxygen atoms in total. The second-order valence-electron chi connectivity index (χ2n) is 7.22. The van der Waals surface area contributed by atoms with Crippen molar-refractivity contribution in [3.05, 3.63) is 90.8 Å². The highest BCUT2D eigenvalue weighted by Gasteiger charge is 2.04. The molecular formula is C26H27FN2. The zero-order valence-electron chi connectivity index (χ0n) is 16.9. The Labute approximate surface area is 172 Å². The number of aromatic nitrogens is 2. The highest BCUT2D eigenvalue weighted by Crippen LogP contribution is 2.22. The summed E-state index contributed by atoms with van der Waals surface area (Å²) in [6, 6.07) is 16.6.